The molecule has 2 amide bonds. The maximum absolute atomic E-state index is 12.9. The number of nitrogens with zero attached hydrogens (tertiary/aromatic N) is 3. The highest BCUT2D eigenvalue weighted by molar-refractivity contribution is 6.05. The molecule has 146 valence electrons. The number of aromatic amines is 1. The predicted molar refractivity (Wildman–Crippen MR) is 105 cm³/mol. The van der Waals surface area contributed by atoms with Crippen LogP contribution in [-0.4, -0.2) is 70.9 Å². The Bertz CT molecular complexity index is 803. The average Bonchev–Trinajstić information content (AvgIpc) is 3.28. The number of pyridine rings is 1. The van der Waals surface area contributed by atoms with Crippen LogP contribution in [-0.2, 0) is 4.79 Å². The molecule has 0 aromatic carbocycles. The van der Waals surface area contributed by atoms with Gasteiger partial charge < -0.3 is 15.2 Å². The summed E-state index contributed by atoms with van der Waals surface area (Å²) in [6.45, 7) is 6.82. The summed E-state index contributed by atoms with van der Waals surface area (Å²) in [5.41, 5.74) is 2.20. The summed E-state index contributed by atoms with van der Waals surface area (Å²) in [5, 5.41) is 3.10. The van der Waals surface area contributed by atoms with E-state index in [1.54, 1.807) is 12.4 Å². The molecule has 0 aliphatic carbocycles. The van der Waals surface area contributed by atoms with Crippen LogP contribution in [0.3, 0.4) is 0 Å². The summed E-state index contributed by atoms with van der Waals surface area (Å²) in [6, 6.07) is 3.81. The highest BCUT2D eigenvalue weighted by Crippen LogP contribution is 2.24. The van der Waals surface area contributed by atoms with Crippen LogP contribution in [0.5, 0.6) is 0 Å². The summed E-state index contributed by atoms with van der Waals surface area (Å²) in [5.74, 6) is 0.320. The van der Waals surface area contributed by atoms with Crippen molar-refractivity contribution in [2.45, 2.75) is 32.7 Å². The molecule has 2 aromatic heterocycles. The van der Waals surface area contributed by atoms with Crippen molar-refractivity contribution in [3.8, 4) is 0 Å². The number of carbonyl (C=O) groups is 2. The number of amides is 2. The SMILES string of the molecule is CCCN(C)CC(=O)NC(C)C1CCN(C(=O)c2c[nH]c3cccnc23)C1. The van der Waals surface area contributed by atoms with Gasteiger partial charge in [0.05, 0.1) is 17.6 Å². The minimum atomic E-state index is 0.00338. The van der Waals surface area contributed by atoms with Gasteiger partial charge in [-0.2, -0.15) is 0 Å². The molecule has 2 N–H and O–H groups in total. The Hall–Kier alpha value is -2.41. The number of hydrogen-bond acceptors (Lipinski definition) is 4. The van der Waals surface area contributed by atoms with Crippen LogP contribution in [0.15, 0.2) is 24.5 Å². The standard InChI is InChI=1S/C20H29N5O2/c1-4-9-24(3)13-18(26)23-14(2)15-7-10-25(12-15)20(27)16-11-22-17-6-5-8-21-19(16)17/h5-6,8,11,14-15,22H,4,7,9-10,12-13H2,1-3H3,(H,23,26). The zero-order chi connectivity index (χ0) is 19.4. The number of hydrogen-bond donors (Lipinski definition) is 2. The van der Waals surface area contributed by atoms with Crippen molar-refractivity contribution in [1.82, 2.24) is 25.1 Å². The summed E-state index contributed by atoms with van der Waals surface area (Å²) >= 11 is 0. The Kier molecular flexibility index (Phi) is 6.11. The molecule has 2 atom stereocenters. The number of nitrogens with one attached hydrogen (secondary N) is 2. The van der Waals surface area contributed by atoms with Crippen molar-refractivity contribution in [3.05, 3.63) is 30.1 Å². The Morgan fingerprint density at radius 2 is 2.30 bits per heavy atom. The molecular formula is C20H29N5O2. The van der Waals surface area contributed by atoms with Gasteiger partial charge in [0.15, 0.2) is 0 Å². The van der Waals surface area contributed by atoms with Crippen molar-refractivity contribution in [2.24, 2.45) is 5.92 Å². The van der Waals surface area contributed by atoms with Gasteiger partial charge in [-0.1, -0.05) is 6.92 Å². The molecule has 2 aromatic rings. The normalized spacial score (nSPS) is 18.2. The first kappa shape index (κ1) is 19.4. The summed E-state index contributed by atoms with van der Waals surface area (Å²) in [7, 11) is 1.96. The van der Waals surface area contributed by atoms with E-state index in [4.69, 9.17) is 0 Å². The van der Waals surface area contributed by atoms with Gasteiger partial charge in [0.25, 0.3) is 5.91 Å². The summed E-state index contributed by atoms with van der Waals surface area (Å²) in [4.78, 5) is 36.4. The van der Waals surface area contributed by atoms with E-state index in [1.807, 2.05) is 35.9 Å². The van der Waals surface area contributed by atoms with Crippen LogP contribution in [0.25, 0.3) is 11.0 Å². The molecule has 1 fully saturated rings. The lowest BCUT2D eigenvalue weighted by molar-refractivity contribution is -0.122. The molecule has 0 bridgehead atoms. The smallest absolute Gasteiger partial charge is 0.257 e. The van der Waals surface area contributed by atoms with Gasteiger partial charge in [-0.05, 0) is 51.4 Å². The van der Waals surface area contributed by atoms with Crippen LogP contribution < -0.4 is 5.32 Å². The molecule has 27 heavy (non-hydrogen) atoms. The van der Waals surface area contributed by atoms with E-state index < -0.39 is 0 Å². The zero-order valence-electron chi connectivity index (χ0n) is 16.4. The Balaban J connectivity index is 1.56. The topological polar surface area (TPSA) is 81.3 Å². The first-order chi connectivity index (χ1) is 13.0. The molecule has 1 aliphatic rings. The number of rotatable bonds is 7. The van der Waals surface area contributed by atoms with E-state index in [0.717, 1.165) is 24.9 Å². The second-order valence-corrected chi connectivity index (χ2v) is 7.50. The fourth-order valence-corrected chi connectivity index (χ4v) is 3.79. The molecule has 7 heteroatoms. The third-order valence-electron chi connectivity index (χ3n) is 5.29. The monoisotopic (exact) mass is 371 g/mol. The number of fused-ring (bicyclic) bond motifs is 1. The highest BCUT2D eigenvalue weighted by Gasteiger charge is 2.32. The molecule has 3 heterocycles. The van der Waals surface area contributed by atoms with Gasteiger partial charge in [-0.3, -0.25) is 19.5 Å². The number of aromatic nitrogens is 2. The maximum atomic E-state index is 12.9. The van der Waals surface area contributed by atoms with Crippen molar-refractivity contribution in [2.75, 3.05) is 33.2 Å². The second-order valence-electron chi connectivity index (χ2n) is 7.50. The molecule has 0 saturated carbocycles. The lowest BCUT2D eigenvalue weighted by atomic mass is 10.0. The Labute approximate surface area is 160 Å². The molecule has 0 radical (unpaired) electrons. The third-order valence-corrected chi connectivity index (χ3v) is 5.29. The van der Waals surface area contributed by atoms with Crippen molar-refractivity contribution in [3.63, 3.8) is 0 Å². The predicted octanol–water partition coefficient (Wildman–Crippen LogP) is 1.87. The first-order valence-electron chi connectivity index (χ1n) is 9.68. The maximum Gasteiger partial charge on any atom is 0.257 e. The molecule has 7 nitrogen and oxygen atoms in total. The lowest BCUT2D eigenvalue weighted by Crippen LogP contribution is -2.44. The van der Waals surface area contributed by atoms with Gasteiger partial charge in [0, 0.05) is 31.5 Å². The Morgan fingerprint density at radius 3 is 3.07 bits per heavy atom. The van der Waals surface area contributed by atoms with Crippen molar-refractivity contribution in [1.29, 1.82) is 0 Å². The molecular weight excluding hydrogens is 342 g/mol. The second kappa shape index (κ2) is 8.52. The quantitative estimate of drug-likeness (QED) is 0.779. The minimum absolute atomic E-state index is 0.00338. The van der Waals surface area contributed by atoms with E-state index in [2.05, 4.69) is 22.2 Å². The molecule has 3 rings (SSSR count). The van der Waals surface area contributed by atoms with Crippen molar-refractivity contribution < 1.29 is 9.59 Å². The number of likely N-dealkylation sites (tertiary alicyclic amines) is 1. The number of carbonyl (C=O) groups excluding carboxylic acids is 2. The van der Waals surface area contributed by atoms with Gasteiger partial charge in [0.2, 0.25) is 5.91 Å². The number of H-pyrrole nitrogens is 1. The fourth-order valence-electron chi connectivity index (χ4n) is 3.79. The molecule has 1 saturated heterocycles. The molecule has 0 spiro atoms. The molecule has 1 aliphatic heterocycles. The van der Waals surface area contributed by atoms with Gasteiger partial charge >= 0.3 is 0 Å². The van der Waals surface area contributed by atoms with Crippen LogP contribution in [0.1, 0.15) is 37.0 Å². The van der Waals surface area contributed by atoms with Gasteiger partial charge in [-0.25, -0.2) is 0 Å². The first-order valence-corrected chi connectivity index (χ1v) is 9.68. The largest absolute Gasteiger partial charge is 0.359 e. The third kappa shape index (κ3) is 4.47. The lowest BCUT2D eigenvalue weighted by Gasteiger charge is -2.23. The van der Waals surface area contributed by atoms with Crippen LogP contribution >= 0.6 is 0 Å². The summed E-state index contributed by atoms with van der Waals surface area (Å²) < 4.78 is 0. The average molecular weight is 371 g/mol. The van der Waals surface area contributed by atoms with Crippen LogP contribution in [0, 0.1) is 5.92 Å². The van der Waals surface area contributed by atoms with E-state index in [9.17, 15) is 9.59 Å². The minimum Gasteiger partial charge on any atom is -0.359 e. The Morgan fingerprint density at radius 1 is 1.48 bits per heavy atom. The molecule has 2 unspecified atom stereocenters. The van der Waals surface area contributed by atoms with E-state index >= 15 is 0 Å². The van der Waals surface area contributed by atoms with Crippen molar-refractivity contribution >= 4 is 22.8 Å². The van der Waals surface area contributed by atoms with Gasteiger partial charge in [-0.15, -0.1) is 0 Å². The van der Waals surface area contributed by atoms with E-state index in [-0.39, 0.29) is 23.8 Å². The zero-order valence-corrected chi connectivity index (χ0v) is 16.4. The van der Waals surface area contributed by atoms with Crippen LogP contribution in [0.2, 0.25) is 0 Å². The summed E-state index contributed by atoms with van der Waals surface area (Å²) in [6.07, 6.45) is 5.37. The van der Waals surface area contributed by atoms with E-state index in [1.165, 1.54) is 0 Å². The highest BCUT2D eigenvalue weighted by atomic mass is 16.2. The fraction of sp³-hybridized carbons (Fsp3) is 0.550. The van der Waals surface area contributed by atoms with Gasteiger partial charge in [0.1, 0.15) is 5.52 Å². The number of likely N-dealkylation sites (N-methyl/N-ethyl adjacent to an activating group) is 1. The van der Waals surface area contributed by atoms with E-state index in [0.29, 0.717) is 30.7 Å². The van der Waals surface area contributed by atoms with Crippen LogP contribution in [0.4, 0.5) is 0 Å².